The van der Waals surface area contributed by atoms with Crippen LogP contribution in [0.1, 0.15) is 58.3 Å². The van der Waals surface area contributed by atoms with E-state index in [1.807, 2.05) is 13.8 Å². The van der Waals surface area contributed by atoms with Crippen molar-refractivity contribution >= 4 is 29.9 Å². The fourth-order valence-electron chi connectivity index (χ4n) is 3.48. The number of hydrogen-bond acceptors (Lipinski definition) is 3. The molecule has 0 bridgehead atoms. The minimum atomic E-state index is -2.60. The van der Waals surface area contributed by atoms with E-state index in [9.17, 15) is 8.78 Å². The van der Waals surface area contributed by atoms with Crippen molar-refractivity contribution in [1.82, 2.24) is 20.2 Å². The fraction of sp³-hybridized carbons (Fsp3) is 0.778. The highest BCUT2D eigenvalue weighted by atomic mass is 127. The van der Waals surface area contributed by atoms with E-state index in [2.05, 4.69) is 20.6 Å². The number of rotatable bonds is 10. The molecule has 27 heavy (non-hydrogen) atoms. The molecule has 156 valence electrons. The number of ether oxygens (including phenoxy) is 1. The van der Waals surface area contributed by atoms with Crippen molar-refractivity contribution in [2.45, 2.75) is 59.0 Å². The molecule has 0 spiro atoms. The second-order valence-corrected chi connectivity index (χ2v) is 6.73. The predicted octanol–water partition coefficient (Wildman–Crippen LogP) is 3.94. The van der Waals surface area contributed by atoms with Crippen molar-refractivity contribution < 1.29 is 13.5 Å². The van der Waals surface area contributed by atoms with Gasteiger partial charge in [-0.05, 0) is 38.5 Å². The summed E-state index contributed by atoms with van der Waals surface area (Å²) in [5.74, 6) is 0.892. The first-order valence-corrected chi connectivity index (χ1v) is 9.50. The fourth-order valence-corrected chi connectivity index (χ4v) is 3.48. The van der Waals surface area contributed by atoms with E-state index in [1.165, 1.54) is 38.1 Å². The van der Waals surface area contributed by atoms with Gasteiger partial charge in [0.25, 0.3) is 0 Å². The molecule has 1 saturated carbocycles. The van der Waals surface area contributed by atoms with Crippen LogP contribution < -0.4 is 10.6 Å². The predicted molar refractivity (Wildman–Crippen MR) is 114 cm³/mol. The molecular weight excluding hydrogens is 467 g/mol. The maximum atomic E-state index is 12.9. The van der Waals surface area contributed by atoms with Gasteiger partial charge in [0.1, 0.15) is 12.4 Å². The van der Waals surface area contributed by atoms with E-state index in [4.69, 9.17) is 4.74 Å². The van der Waals surface area contributed by atoms with Gasteiger partial charge in [-0.3, -0.25) is 4.57 Å². The monoisotopic (exact) mass is 499 g/mol. The summed E-state index contributed by atoms with van der Waals surface area (Å²) in [4.78, 5) is 8.41. The Morgan fingerprint density at radius 3 is 2.70 bits per heavy atom. The molecule has 1 heterocycles. The number of nitrogens with zero attached hydrogens (tertiary/aromatic N) is 3. The molecular formula is C18H32F2IN5O. The summed E-state index contributed by atoms with van der Waals surface area (Å²) < 4.78 is 32.2. The summed E-state index contributed by atoms with van der Waals surface area (Å²) in [6.45, 7) is 4.55. The Balaban J connectivity index is 0.00000364. The Bertz CT molecular complexity index is 562. The van der Waals surface area contributed by atoms with Gasteiger partial charge in [0, 0.05) is 38.7 Å². The molecule has 0 radical (unpaired) electrons. The van der Waals surface area contributed by atoms with Gasteiger partial charge in [-0.15, -0.1) is 24.0 Å². The lowest BCUT2D eigenvalue weighted by Crippen LogP contribution is -2.43. The Labute approximate surface area is 177 Å². The molecule has 0 aromatic carbocycles. The number of halogens is 3. The number of imidazole rings is 1. The first kappa shape index (κ1) is 24.1. The van der Waals surface area contributed by atoms with Gasteiger partial charge in [0.2, 0.25) is 0 Å². The highest BCUT2D eigenvalue weighted by Gasteiger charge is 2.33. The average molecular weight is 499 g/mol. The number of aliphatic imine (C=N–C) groups is 1. The number of alkyl halides is 2. The topological polar surface area (TPSA) is 63.5 Å². The maximum absolute atomic E-state index is 12.9. The summed E-state index contributed by atoms with van der Waals surface area (Å²) in [5, 5.41) is 6.59. The molecule has 2 N–H and O–H groups in total. The van der Waals surface area contributed by atoms with Crippen LogP contribution >= 0.6 is 24.0 Å². The molecule has 0 atom stereocenters. The first-order valence-electron chi connectivity index (χ1n) is 9.50. The van der Waals surface area contributed by atoms with Crippen LogP contribution in [0.5, 0.6) is 0 Å². The van der Waals surface area contributed by atoms with Gasteiger partial charge in [-0.1, -0.05) is 12.8 Å². The number of aromatic nitrogens is 2. The van der Waals surface area contributed by atoms with Gasteiger partial charge in [0.05, 0.1) is 0 Å². The first-order chi connectivity index (χ1) is 12.6. The minimum absolute atomic E-state index is 0. The molecule has 0 unspecified atom stereocenters. The quantitative estimate of drug-likeness (QED) is 0.222. The minimum Gasteiger partial charge on any atom is -0.382 e. The van der Waals surface area contributed by atoms with E-state index in [0.717, 1.165) is 30.7 Å². The highest BCUT2D eigenvalue weighted by molar-refractivity contribution is 14.0. The lowest BCUT2D eigenvalue weighted by Gasteiger charge is -2.30. The second-order valence-electron chi connectivity index (χ2n) is 6.73. The molecule has 6 nitrogen and oxygen atoms in total. The Morgan fingerprint density at radius 2 is 2.07 bits per heavy atom. The Kier molecular flexibility index (Phi) is 11.1. The maximum Gasteiger partial charge on any atom is 0.319 e. The molecule has 1 fully saturated rings. The van der Waals surface area contributed by atoms with Crippen molar-refractivity contribution in [2.75, 3.05) is 26.3 Å². The smallest absolute Gasteiger partial charge is 0.319 e. The zero-order chi connectivity index (χ0) is 18.8. The number of hydrogen-bond donors (Lipinski definition) is 2. The summed E-state index contributed by atoms with van der Waals surface area (Å²) >= 11 is 0. The van der Waals surface area contributed by atoms with Crippen LogP contribution in [-0.2, 0) is 11.3 Å². The third kappa shape index (κ3) is 7.52. The lowest BCUT2D eigenvalue weighted by atomic mass is 9.83. The molecule has 1 aromatic heterocycles. The molecule has 1 aromatic rings. The van der Waals surface area contributed by atoms with Crippen molar-refractivity contribution in [2.24, 2.45) is 10.4 Å². The SMILES string of the molecule is CCNC(=NCc1nccn1C(F)F)NCC1(CCOCC)CCCC1.I. The third-order valence-corrected chi connectivity index (χ3v) is 4.96. The van der Waals surface area contributed by atoms with Gasteiger partial charge in [0.15, 0.2) is 5.96 Å². The number of guanidine groups is 1. The van der Waals surface area contributed by atoms with Crippen LogP contribution in [0.4, 0.5) is 8.78 Å². The summed E-state index contributed by atoms with van der Waals surface area (Å²) in [6, 6.07) is 0. The molecule has 2 rings (SSSR count). The lowest BCUT2D eigenvalue weighted by molar-refractivity contribution is 0.0671. The molecule has 1 aliphatic carbocycles. The Morgan fingerprint density at radius 1 is 1.33 bits per heavy atom. The van der Waals surface area contributed by atoms with Crippen molar-refractivity contribution in [3.8, 4) is 0 Å². The Hall–Kier alpha value is -0.970. The van der Waals surface area contributed by atoms with E-state index in [0.29, 0.717) is 12.5 Å². The average Bonchev–Trinajstić information content (AvgIpc) is 3.27. The zero-order valence-electron chi connectivity index (χ0n) is 16.2. The largest absolute Gasteiger partial charge is 0.382 e. The molecule has 0 amide bonds. The van der Waals surface area contributed by atoms with Gasteiger partial charge in [-0.2, -0.15) is 8.78 Å². The molecule has 9 heteroatoms. The normalized spacial score (nSPS) is 16.4. The van der Waals surface area contributed by atoms with E-state index >= 15 is 0 Å². The van der Waals surface area contributed by atoms with E-state index in [1.54, 1.807) is 0 Å². The van der Waals surface area contributed by atoms with Gasteiger partial charge >= 0.3 is 6.55 Å². The van der Waals surface area contributed by atoms with Gasteiger partial charge in [-0.25, -0.2) is 9.98 Å². The summed E-state index contributed by atoms with van der Waals surface area (Å²) in [6.07, 6.45) is 8.53. The summed E-state index contributed by atoms with van der Waals surface area (Å²) in [5.41, 5.74) is 0.229. The van der Waals surface area contributed by atoms with Gasteiger partial charge < -0.3 is 15.4 Å². The van der Waals surface area contributed by atoms with Crippen LogP contribution in [0, 0.1) is 5.41 Å². The molecule has 1 aliphatic rings. The van der Waals surface area contributed by atoms with Crippen LogP contribution in [0.3, 0.4) is 0 Å². The van der Waals surface area contributed by atoms with Crippen LogP contribution in [0.2, 0.25) is 0 Å². The third-order valence-electron chi connectivity index (χ3n) is 4.96. The zero-order valence-corrected chi connectivity index (χ0v) is 18.5. The molecule has 0 aliphatic heterocycles. The van der Waals surface area contributed by atoms with Crippen molar-refractivity contribution in [1.29, 1.82) is 0 Å². The van der Waals surface area contributed by atoms with Crippen LogP contribution in [-0.4, -0.2) is 41.8 Å². The van der Waals surface area contributed by atoms with Crippen molar-refractivity contribution in [3.63, 3.8) is 0 Å². The second kappa shape index (κ2) is 12.5. The highest BCUT2D eigenvalue weighted by Crippen LogP contribution is 2.40. The number of nitrogens with one attached hydrogen (secondary N) is 2. The van der Waals surface area contributed by atoms with E-state index in [-0.39, 0.29) is 41.8 Å². The van der Waals surface area contributed by atoms with Crippen molar-refractivity contribution in [3.05, 3.63) is 18.2 Å². The molecule has 0 saturated heterocycles. The standard InChI is InChI=1S/C18H31F2N5O.HI/c1-3-21-17(23-13-15-22-10-11-25(15)16(19)20)24-14-18(7-5-6-8-18)9-12-26-4-2;/h10-11,16H,3-9,12-14H2,1-2H3,(H2,21,23,24);1H. The van der Waals surface area contributed by atoms with E-state index < -0.39 is 6.55 Å². The van der Waals surface area contributed by atoms with Crippen LogP contribution in [0.25, 0.3) is 0 Å². The van der Waals surface area contributed by atoms with Crippen LogP contribution in [0.15, 0.2) is 17.4 Å². The summed E-state index contributed by atoms with van der Waals surface area (Å²) in [7, 11) is 0.